The molecule has 2 aromatic carbocycles. The number of benzene rings is 2. The van der Waals surface area contributed by atoms with E-state index in [4.69, 9.17) is 21.1 Å². The summed E-state index contributed by atoms with van der Waals surface area (Å²) in [5.41, 5.74) is 3.12. The molecule has 0 fully saturated rings. The van der Waals surface area contributed by atoms with Gasteiger partial charge in [-0.05, 0) is 55.8 Å². The maximum Gasteiger partial charge on any atom is 0.275 e. The van der Waals surface area contributed by atoms with Gasteiger partial charge in [0, 0.05) is 5.02 Å². The maximum absolute atomic E-state index is 12.0. The number of phenols is 1. The number of carbonyl (C=O) groups excluding carboxylic acids is 1. The summed E-state index contributed by atoms with van der Waals surface area (Å²) in [5, 5.41) is 13.9. The van der Waals surface area contributed by atoms with Gasteiger partial charge in [0.1, 0.15) is 5.75 Å². The van der Waals surface area contributed by atoms with Crippen molar-refractivity contribution < 1.29 is 19.4 Å². The highest BCUT2D eigenvalue weighted by Crippen LogP contribution is 2.28. The molecule has 1 amide bonds. The predicted octanol–water partition coefficient (Wildman–Crippen LogP) is 3.61. The monoisotopic (exact) mass is 362 g/mol. The summed E-state index contributed by atoms with van der Waals surface area (Å²) in [6.07, 6.45) is 1.47. The van der Waals surface area contributed by atoms with Crippen LogP contribution in [0.1, 0.15) is 29.8 Å². The Morgan fingerprint density at radius 1 is 1.16 bits per heavy atom. The number of hydrogen-bond donors (Lipinski definition) is 2. The van der Waals surface area contributed by atoms with Crippen LogP contribution in [0.4, 0.5) is 0 Å². The molecule has 0 radical (unpaired) electrons. The van der Waals surface area contributed by atoms with Crippen molar-refractivity contribution in [1.82, 2.24) is 5.43 Å². The molecule has 0 saturated heterocycles. The van der Waals surface area contributed by atoms with E-state index >= 15 is 0 Å². The van der Waals surface area contributed by atoms with E-state index < -0.39 is 5.91 Å². The Morgan fingerprint density at radius 2 is 1.88 bits per heavy atom. The second-order valence-corrected chi connectivity index (χ2v) is 5.37. The van der Waals surface area contributed by atoms with E-state index in [1.54, 1.807) is 18.2 Å². The van der Waals surface area contributed by atoms with Crippen LogP contribution in [0.5, 0.6) is 17.2 Å². The lowest BCUT2D eigenvalue weighted by atomic mass is 10.2. The zero-order valence-corrected chi connectivity index (χ0v) is 14.7. The molecule has 132 valence electrons. The van der Waals surface area contributed by atoms with Crippen LogP contribution in [-0.2, 0) is 0 Å². The Morgan fingerprint density at radius 3 is 2.60 bits per heavy atom. The lowest BCUT2D eigenvalue weighted by Crippen LogP contribution is -2.17. The summed E-state index contributed by atoms with van der Waals surface area (Å²) < 4.78 is 11.0. The summed E-state index contributed by atoms with van der Waals surface area (Å²) >= 11 is 5.82. The Hall–Kier alpha value is -2.73. The van der Waals surface area contributed by atoms with E-state index in [9.17, 15) is 9.90 Å². The van der Waals surface area contributed by atoms with Gasteiger partial charge in [0.15, 0.2) is 11.5 Å². The topological polar surface area (TPSA) is 80.2 Å². The summed E-state index contributed by atoms with van der Waals surface area (Å²) in [6, 6.07) is 9.54. The van der Waals surface area contributed by atoms with Gasteiger partial charge in [0.25, 0.3) is 5.91 Å². The summed E-state index contributed by atoms with van der Waals surface area (Å²) in [5.74, 6) is 0.519. The van der Waals surface area contributed by atoms with E-state index in [-0.39, 0.29) is 11.3 Å². The molecule has 0 saturated carbocycles. The van der Waals surface area contributed by atoms with Crippen LogP contribution >= 0.6 is 11.6 Å². The molecule has 6 nitrogen and oxygen atoms in total. The molecule has 0 aromatic heterocycles. The van der Waals surface area contributed by atoms with Crippen molar-refractivity contribution in [1.29, 1.82) is 0 Å². The fraction of sp³-hybridized carbons (Fsp3) is 0.222. The number of aromatic hydroxyl groups is 1. The van der Waals surface area contributed by atoms with Crippen LogP contribution in [0.3, 0.4) is 0 Å². The highest BCUT2D eigenvalue weighted by molar-refractivity contribution is 6.31. The zero-order valence-electron chi connectivity index (χ0n) is 14.0. The van der Waals surface area contributed by atoms with Gasteiger partial charge < -0.3 is 14.6 Å². The van der Waals surface area contributed by atoms with Crippen molar-refractivity contribution >= 4 is 23.7 Å². The number of carbonyl (C=O) groups is 1. The third kappa shape index (κ3) is 5.12. The summed E-state index contributed by atoms with van der Waals surface area (Å²) in [4.78, 5) is 12.0. The minimum absolute atomic E-state index is 0.0475. The van der Waals surface area contributed by atoms with Crippen LogP contribution in [0.2, 0.25) is 5.02 Å². The van der Waals surface area contributed by atoms with Crippen molar-refractivity contribution in [3.05, 3.63) is 52.5 Å². The molecule has 0 bridgehead atoms. The number of phenolic OH excluding ortho intramolecular Hbond substituents is 1. The van der Waals surface area contributed by atoms with E-state index in [0.717, 1.165) is 5.56 Å². The van der Waals surface area contributed by atoms with Crippen molar-refractivity contribution in [2.24, 2.45) is 5.10 Å². The van der Waals surface area contributed by atoms with E-state index in [2.05, 4.69) is 10.5 Å². The molecule has 0 aliphatic heterocycles. The molecule has 7 heteroatoms. The summed E-state index contributed by atoms with van der Waals surface area (Å²) in [7, 11) is 0. The minimum atomic E-state index is -0.563. The third-order valence-corrected chi connectivity index (χ3v) is 3.39. The minimum Gasteiger partial charge on any atom is -0.507 e. The Bertz CT molecular complexity index is 778. The van der Waals surface area contributed by atoms with E-state index in [1.807, 2.05) is 13.8 Å². The van der Waals surface area contributed by atoms with Crippen LogP contribution in [-0.4, -0.2) is 30.4 Å². The van der Waals surface area contributed by atoms with Gasteiger partial charge in [0.05, 0.1) is 25.0 Å². The van der Waals surface area contributed by atoms with Crippen LogP contribution in [0.25, 0.3) is 0 Å². The molecule has 0 spiro atoms. The normalized spacial score (nSPS) is 10.7. The largest absolute Gasteiger partial charge is 0.507 e. The Labute approximate surface area is 151 Å². The van der Waals surface area contributed by atoms with Crippen LogP contribution < -0.4 is 14.9 Å². The number of ether oxygens (including phenoxy) is 2. The average Bonchev–Trinajstić information content (AvgIpc) is 2.59. The van der Waals surface area contributed by atoms with Gasteiger partial charge >= 0.3 is 0 Å². The number of hydrogen-bond acceptors (Lipinski definition) is 5. The van der Waals surface area contributed by atoms with Crippen LogP contribution in [0.15, 0.2) is 41.5 Å². The first-order chi connectivity index (χ1) is 12.0. The van der Waals surface area contributed by atoms with Crippen molar-refractivity contribution in [2.75, 3.05) is 13.2 Å². The molecular weight excluding hydrogens is 344 g/mol. The van der Waals surface area contributed by atoms with Gasteiger partial charge in [-0.3, -0.25) is 4.79 Å². The maximum atomic E-state index is 12.0. The highest BCUT2D eigenvalue weighted by atomic mass is 35.5. The molecular formula is C18H19ClN2O4. The van der Waals surface area contributed by atoms with Gasteiger partial charge in [-0.15, -0.1) is 0 Å². The molecule has 0 atom stereocenters. The number of rotatable bonds is 7. The average molecular weight is 363 g/mol. The second-order valence-electron chi connectivity index (χ2n) is 4.93. The zero-order chi connectivity index (χ0) is 18.2. The lowest BCUT2D eigenvalue weighted by Gasteiger charge is -2.11. The first-order valence-electron chi connectivity index (χ1n) is 7.76. The molecule has 2 N–H and O–H groups in total. The molecule has 0 aliphatic rings. The third-order valence-electron chi connectivity index (χ3n) is 3.15. The van der Waals surface area contributed by atoms with Gasteiger partial charge in [0.2, 0.25) is 0 Å². The fourth-order valence-electron chi connectivity index (χ4n) is 2.06. The molecule has 0 unspecified atom stereocenters. The second kappa shape index (κ2) is 8.94. The molecule has 2 aromatic rings. The van der Waals surface area contributed by atoms with E-state index in [0.29, 0.717) is 29.7 Å². The Balaban J connectivity index is 2.09. The van der Waals surface area contributed by atoms with Crippen molar-refractivity contribution in [3.63, 3.8) is 0 Å². The van der Waals surface area contributed by atoms with Crippen LogP contribution in [0, 0.1) is 0 Å². The van der Waals surface area contributed by atoms with Crippen molar-refractivity contribution in [3.8, 4) is 17.2 Å². The van der Waals surface area contributed by atoms with Gasteiger partial charge in [-0.2, -0.15) is 5.10 Å². The Kier molecular flexibility index (Phi) is 6.65. The fourth-order valence-corrected chi connectivity index (χ4v) is 2.24. The first kappa shape index (κ1) is 18.6. The number of amides is 1. The number of nitrogens with one attached hydrogen (secondary N) is 1. The van der Waals surface area contributed by atoms with E-state index in [1.165, 1.54) is 24.4 Å². The number of nitrogens with zero attached hydrogens (tertiary/aromatic N) is 1. The highest BCUT2D eigenvalue weighted by Gasteiger charge is 2.11. The van der Waals surface area contributed by atoms with Gasteiger partial charge in [-0.25, -0.2) is 5.43 Å². The molecule has 0 aliphatic carbocycles. The number of hydrazone groups is 1. The summed E-state index contributed by atoms with van der Waals surface area (Å²) in [6.45, 7) is 4.82. The smallest absolute Gasteiger partial charge is 0.275 e. The SMILES string of the molecule is CCOc1ccc(/C=N/NC(=O)c2cc(Cl)ccc2O)cc1OCC. The van der Waals surface area contributed by atoms with Gasteiger partial charge in [-0.1, -0.05) is 11.6 Å². The molecule has 25 heavy (non-hydrogen) atoms. The lowest BCUT2D eigenvalue weighted by molar-refractivity contribution is 0.0952. The molecule has 2 rings (SSSR count). The van der Waals surface area contributed by atoms with Crippen molar-refractivity contribution in [2.45, 2.75) is 13.8 Å². The standard InChI is InChI=1S/C18H19ClN2O4/c1-3-24-16-8-5-12(9-17(16)25-4-2)11-20-21-18(23)14-10-13(19)6-7-15(14)22/h5-11,22H,3-4H2,1-2H3,(H,21,23)/b20-11+. The first-order valence-corrected chi connectivity index (χ1v) is 8.14. The molecule has 0 heterocycles. The predicted molar refractivity (Wildman–Crippen MR) is 97.0 cm³/mol. The quantitative estimate of drug-likeness (QED) is 0.582. The number of halogens is 1.